The lowest BCUT2D eigenvalue weighted by Gasteiger charge is -2.04. The summed E-state index contributed by atoms with van der Waals surface area (Å²) in [5.41, 5.74) is 8.04. The molecule has 0 radical (unpaired) electrons. The number of aromatic nitrogens is 2. The minimum absolute atomic E-state index is 0.0628. The highest BCUT2D eigenvalue weighted by Gasteiger charge is 2.03. The molecular weight excluding hydrogens is 228 g/mol. The highest BCUT2D eigenvalue weighted by atomic mass is 16.1. The normalized spacial score (nSPS) is 10.0. The second-order valence-electron chi connectivity index (χ2n) is 3.92. The van der Waals surface area contributed by atoms with Gasteiger partial charge in [0, 0.05) is 12.1 Å². The molecule has 0 unspecified atom stereocenters. The van der Waals surface area contributed by atoms with Crippen molar-refractivity contribution in [1.82, 2.24) is 9.97 Å². The number of nitrogens with zero attached hydrogens (tertiary/aromatic N) is 2. The molecule has 0 aliphatic heterocycles. The highest BCUT2D eigenvalue weighted by molar-refractivity contribution is 5.90. The summed E-state index contributed by atoms with van der Waals surface area (Å²) in [6, 6.07) is 7.53. The first-order chi connectivity index (χ1) is 8.74. The van der Waals surface area contributed by atoms with Gasteiger partial charge < -0.3 is 11.1 Å². The summed E-state index contributed by atoms with van der Waals surface area (Å²) in [6.45, 7) is 0. The number of carbonyl (C=O) groups excluding carboxylic acids is 1. The average molecular weight is 242 g/mol. The molecule has 18 heavy (non-hydrogen) atoms. The molecule has 0 saturated carbocycles. The molecule has 0 atom stereocenters. The maximum atomic E-state index is 11.7. The van der Waals surface area contributed by atoms with Crippen LogP contribution in [0.4, 0.5) is 11.4 Å². The van der Waals surface area contributed by atoms with Crippen LogP contribution in [0.1, 0.15) is 12.0 Å². The molecule has 1 aromatic carbocycles. The lowest BCUT2D eigenvalue weighted by Crippen LogP contribution is -2.12. The van der Waals surface area contributed by atoms with Gasteiger partial charge in [-0.2, -0.15) is 0 Å². The lowest BCUT2D eigenvalue weighted by molar-refractivity contribution is -0.116. The minimum atomic E-state index is -0.0628. The summed E-state index contributed by atoms with van der Waals surface area (Å²) in [6.07, 6.45) is 5.60. The number of benzene rings is 1. The molecular formula is C13H14N4O. The van der Waals surface area contributed by atoms with Gasteiger partial charge in [0.2, 0.25) is 5.91 Å². The van der Waals surface area contributed by atoms with Crippen LogP contribution in [0.3, 0.4) is 0 Å². The molecule has 0 saturated heterocycles. The maximum Gasteiger partial charge on any atom is 0.224 e. The van der Waals surface area contributed by atoms with Gasteiger partial charge in [-0.1, -0.05) is 12.1 Å². The van der Waals surface area contributed by atoms with Crippen molar-refractivity contribution in [3.63, 3.8) is 0 Å². The van der Waals surface area contributed by atoms with Crippen LogP contribution in [-0.2, 0) is 11.2 Å². The molecule has 2 aromatic rings. The monoisotopic (exact) mass is 242 g/mol. The van der Waals surface area contributed by atoms with Gasteiger partial charge in [-0.25, -0.2) is 9.97 Å². The first kappa shape index (κ1) is 12.0. The third kappa shape index (κ3) is 3.55. The average Bonchev–Trinajstić information content (AvgIpc) is 2.38. The molecule has 3 N–H and O–H groups in total. The summed E-state index contributed by atoms with van der Waals surface area (Å²) in [7, 11) is 0. The molecule has 0 spiro atoms. The van der Waals surface area contributed by atoms with E-state index in [4.69, 9.17) is 5.73 Å². The van der Waals surface area contributed by atoms with Gasteiger partial charge in [0.15, 0.2) is 0 Å². The zero-order valence-electron chi connectivity index (χ0n) is 9.84. The van der Waals surface area contributed by atoms with Gasteiger partial charge in [-0.15, -0.1) is 0 Å². The van der Waals surface area contributed by atoms with Crippen molar-refractivity contribution in [2.24, 2.45) is 0 Å². The van der Waals surface area contributed by atoms with Gasteiger partial charge in [-0.05, 0) is 24.1 Å². The van der Waals surface area contributed by atoms with E-state index in [1.165, 1.54) is 6.33 Å². The van der Waals surface area contributed by atoms with Gasteiger partial charge >= 0.3 is 0 Å². The van der Waals surface area contributed by atoms with E-state index in [9.17, 15) is 4.79 Å². The number of hydrogen-bond acceptors (Lipinski definition) is 4. The van der Waals surface area contributed by atoms with E-state index < -0.39 is 0 Å². The predicted octanol–water partition coefficient (Wildman–Crippen LogP) is 1.63. The van der Waals surface area contributed by atoms with Crippen LogP contribution in [0.5, 0.6) is 0 Å². The summed E-state index contributed by atoms with van der Waals surface area (Å²) in [5, 5.41) is 2.73. The molecule has 0 bridgehead atoms. The third-order valence-corrected chi connectivity index (χ3v) is 2.44. The van der Waals surface area contributed by atoms with Crippen LogP contribution in [0.25, 0.3) is 0 Å². The molecule has 5 heteroatoms. The molecule has 1 aromatic heterocycles. The van der Waals surface area contributed by atoms with Crippen LogP contribution < -0.4 is 11.1 Å². The smallest absolute Gasteiger partial charge is 0.224 e. The molecule has 1 amide bonds. The first-order valence-corrected chi connectivity index (χ1v) is 5.63. The Labute approximate surface area is 105 Å². The number of aryl methyl sites for hydroxylation is 1. The quantitative estimate of drug-likeness (QED) is 0.798. The van der Waals surface area contributed by atoms with E-state index in [1.54, 1.807) is 12.4 Å². The lowest BCUT2D eigenvalue weighted by atomic mass is 10.1. The minimum Gasteiger partial charge on any atom is -0.399 e. The number of nitrogen functional groups attached to an aromatic ring is 1. The Morgan fingerprint density at radius 1 is 1.28 bits per heavy atom. The number of nitrogens with two attached hydrogens (primary N) is 1. The number of carbonyl (C=O) groups is 1. The van der Waals surface area contributed by atoms with Crippen molar-refractivity contribution in [2.45, 2.75) is 12.8 Å². The summed E-state index contributed by atoms with van der Waals surface area (Å²) in [4.78, 5) is 19.3. The second kappa shape index (κ2) is 5.77. The SMILES string of the molecule is Nc1cccc(CCC(=O)Nc2cncnc2)c1. The van der Waals surface area contributed by atoms with Crippen molar-refractivity contribution in [2.75, 3.05) is 11.1 Å². The zero-order valence-corrected chi connectivity index (χ0v) is 9.84. The number of nitrogens with one attached hydrogen (secondary N) is 1. The van der Waals surface area contributed by atoms with E-state index in [2.05, 4.69) is 15.3 Å². The summed E-state index contributed by atoms with van der Waals surface area (Å²) >= 11 is 0. The Hall–Kier alpha value is -2.43. The largest absolute Gasteiger partial charge is 0.399 e. The predicted molar refractivity (Wildman–Crippen MR) is 69.8 cm³/mol. The molecule has 0 aliphatic carbocycles. The van der Waals surface area contributed by atoms with Gasteiger partial charge in [0.1, 0.15) is 6.33 Å². The van der Waals surface area contributed by atoms with Gasteiger partial charge in [0.25, 0.3) is 0 Å². The standard InChI is InChI=1S/C13H14N4O/c14-11-3-1-2-10(6-11)4-5-13(18)17-12-7-15-9-16-8-12/h1-3,6-9H,4-5,14H2,(H,17,18). The van der Waals surface area contributed by atoms with Crippen LogP contribution in [-0.4, -0.2) is 15.9 Å². The van der Waals surface area contributed by atoms with E-state index in [0.717, 1.165) is 5.56 Å². The van der Waals surface area contributed by atoms with Crippen molar-refractivity contribution in [3.8, 4) is 0 Å². The van der Waals surface area contributed by atoms with Crippen molar-refractivity contribution < 1.29 is 4.79 Å². The van der Waals surface area contributed by atoms with E-state index >= 15 is 0 Å². The fourth-order valence-electron chi connectivity index (χ4n) is 1.59. The zero-order chi connectivity index (χ0) is 12.8. The Morgan fingerprint density at radius 2 is 2.06 bits per heavy atom. The Kier molecular flexibility index (Phi) is 3.86. The van der Waals surface area contributed by atoms with Gasteiger partial charge in [-0.3, -0.25) is 4.79 Å². The van der Waals surface area contributed by atoms with Crippen LogP contribution in [0.2, 0.25) is 0 Å². The number of anilines is 2. The van der Waals surface area contributed by atoms with Crippen LogP contribution >= 0.6 is 0 Å². The molecule has 0 aliphatic rings. The summed E-state index contributed by atoms with van der Waals surface area (Å²) in [5.74, 6) is -0.0628. The maximum absolute atomic E-state index is 11.7. The number of amides is 1. The van der Waals surface area contributed by atoms with Gasteiger partial charge in [0.05, 0.1) is 18.1 Å². The number of rotatable bonds is 4. The number of hydrogen-bond donors (Lipinski definition) is 2. The van der Waals surface area contributed by atoms with Crippen molar-refractivity contribution in [1.29, 1.82) is 0 Å². The molecule has 1 heterocycles. The fourth-order valence-corrected chi connectivity index (χ4v) is 1.59. The van der Waals surface area contributed by atoms with E-state index in [-0.39, 0.29) is 5.91 Å². The van der Waals surface area contributed by atoms with Crippen molar-refractivity contribution >= 4 is 17.3 Å². The first-order valence-electron chi connectivity index (χ1n) is 5.63. The highest BCUT2D eigenvalue weighted by Crippen LogP contribution is 2.09. The van der Waals surface area contributed by atoms with E-state index in [0.29, 0.717) is 24.2 Å². The molecule has 5 nitrogen and oxygen atoms in total. The van der Waals surface area contributed by atoms with Crippen LogP contribution in [0.15, 0.2) is 43.0 Å². The molecule has 2 rings (SSSR count). The van der Waals surface area contributed by atoms with Crippen LogP contribution in [0, 0.1) is 0 Å². The van der Waals surface area contributed by atoms with E-state index in [1.807, 2.05) is 24.3 Å². The third-order valence-electron chi connectivity index (χ3n) is 2.44. The fraction of sp³-hybridized carbons (Fsp3) is 0.154. The molecule has 92 valence electrons. The van der Waals surface area contributed by atoms with Crippen molar-refractivity contribution in [3.05, 3.63) is 48.5 Å². The summed E-state index contributed by atoms with van der Waals surface area (Å²) < 4.78 is 0. The Morgan fingerprint density at radius 3 is 2.78 bits per heavy atom. The molecule has 0 fully saturated rings. The Balaban J connectivity index is 1.85. The second-order valence-corrected chi connectivity index (χ2v) is 3.92. The topological polar surface area (TPSA) is 80.9 Å². The Bertz CT molecular complexity index is 528.